The number of para-hydroxylation sites is 1. The van der Waals surface area contributed by atoms with Gasteiger partial charge in [-0.05, 0) is 49.7 Å². The fourth-order valence-corrected chi connectivity index (χ4v) is 3.71. The van der Waals surface area contributed by atoms with Gasteiger partial charge >= 0.3 is 0 Å². The van der Waals surface area contributed by atoms with Gasteiger partial charge in [-0.2, -0.15) is 0 Å². The molecule has 0 bridgehead atoms. The van der Waals surface area contributed by atoms with Gasteiger partial charge in [0.2, 0.25) is 0 Å². The monoisotopic (exact) mass is 358 g/mol. The van der Waals surface area contributed by atoms with Gasteiger partial charge in [0, 0.05) is 29.7 Å². The molecule has 1 saturated heterocycles. The van der Waals surface area contributed by atoms with E-state index in [1.165, 1.54) is 24.9 Å². The molecule has 1 fully saturated rings. The smallest absolute Gasteiger partial charge is 0.124 e. The van der Waals surface area contributed by atoms with E-state index < -0.39 is 0 Å². The Bertz CT molecular complexity index is 676. The van der Waals surface area contributed by atoms with E-state index >= 15 is 0 Å². The number of nitrogens with zero attached hydrogens (tertiary/aromatic N) is 1. The number of halogens is 1. The number of likely N-dealkylation sites (N-methyl/N-ethyl adjacent to an activating group) is 1. The summed E-state index contributed by atoms with van der Waals surface area (Å²) in [5.74, 6) is 0.939. The van der Waals surface area contributed by atoms with Crippen LogP contribution in [0.25, 0.3) is 0 Å². The Kier molecular flexibility index (Phi) is 6.74. The van der Waals surface area contributed by atoms with Gasteiger partial charge in [-0.15, -0.1) is 0 Å². The minimum atomic E-state index is 0.532. The van der Waals surface area contributed by atoms with Gasteiger partial charge in [0.25, 0.3) is 0 Å². The highest BCUT2D eigenvalue weighted by molar-refractivity contribution is 6.30. The molecule has 134 valence electrons. The summed E-state index contributed by atoms with van der Waals surface area (Å²) in [7, 11) is 0. The minimum absolute atomic E-state index is 0.532. The van der Waals surface area contributed by atoms with Crippen LogP contribution < -0.4 is 10.1 Å². The predicted octanol–water partition coefficient (Wildman–Crippen LogP) is 4.49. The fourth-order valence-electron chi connectivity index (χ4n) is 3.49. The average molecular weight is 359 g/mol. The predicted molar refractivity (Wildman–Crippen MR) is 104 cm³/mol. The molecule has 1 atom stereocenters. The lowest BCUT2D eigenvalue weighted by Crippen LogP contribution is -2.37. The first-order valence-corrected chi connectivity index (χ1v) is 9.54. The summed E-state index contributed by atoms with van der Waals surface area (Å²) in [5, 5.41) is 4.36. The van der Waals surface area contributed by atoms with Gasteiger partial charge in [-0.1, -0.05) is 48.9 Å². The topological polar surface area (TPSA) is 24.5 Å². The molecule has 3 rings (SSSR count). The summed E-state index contributed by atoms with van der Waals surface area (Å²) in [5.41, 5.74) is 2.28. The van der Waals surface area contributed by atoms with E-state index in [0.29, 0.717) is 12.6 Å². The molecular weight excluding hydrogens is 332 g/mol. The normalized spacial score (nSPS) is 17.8. The van der Waals surface area contributed by atoms with E-state index in [9.17, 15) is 0 Å². The molecule has 1 N–H and O–H groups in total. The molecule has 3 nitrogen and oxygen atoms in total. The fraction of sp³-hybridized carbons (Fsp3) is 0.429. The molecule has 25 heavy (non-hydrogen) atoms. The molecule has 0 radical (unpaired) electrons. The van der Waals surface area contributed by atoms with E-state index in [-0.39, 0.29) is 0 Å². The van der Waals surface area contributed by atoms with Crippen molar-refractivity contribution in [1.29, 1.82) is 0 Å². The number of benzene rings is 2. The third-order valence-corrected chi connectivity index (χ3v) is 5.09. The van der Waals surface area contributed by atoms with E-state index in [1.54, 1.807) is 0 Å². The maximum absolute atomic E-state index is 6.04. The van der Waals surface area contributed by atoms with E-state index in [0.717, 1.165) is 36.0 Å². The largest absolute Gasteiger partial charge is 0.489 e. The molecule has 4 heteroatoms. The van der Waals surface area contributed by atoms with E-state index in [1.807, 2.05) is 36.4 Å². The highest BCUT2D eigenvalue weighted by atomic mass is 35.5. The van der Waals surface area contributed by atoms with Crippen molar-refractivity contribution in [3.05, 3.63) is 64.7 Å². The first kappa shape index (κ1) is 18.2. The summed E-state index contributed by atoms with van der Waals surface area (Å²) < 4.78 is 6.03. The molecule has 0 aromatic heterocycles. The molecular formula is C21H27ClN2O. The summed E-state index contributed by atoms with van der Waals surface area (Å²) in [6, 6.07) is 16.7. The van der Waals surface area contributed by atoms with Crippen LogP contribution in [0.4, 0.5) is 0 Å². The van der Waals surface area contributed by atoms with Crippen LogP contribution in [0, 0.1) is 0 Å². The van der Waals surface area contributed by atoms with Gasteiger partial charge in [-0.25, -0.2) is 0 Å². The van der Waals surface area contributed by atoms with Crippen LogP contribution in [-0.2, 0) is 13.2 Å². The highest BCUT2D eigenvalue weighted by Gasteiger charge is 2.22. The molecule has 1 aliphatic rings. The standard InChI is InChI=1S/C21H27ClN2O/c1-2-24-12-6-10-20(24)15-23-14-18-8-3-4-11-21(18)25-16-17-7-5-9-19(22)13-17/h3-5,7-9,11,13,20,23H,2,6,10,12,14-16H2,1H3. The minimum Gasteiger partial charge on any atom is -0.489 e. The zero-order valence-electron chi connectivity index (χ0n) is 14.9. The Morgan fingerprint density at radius 1 is 1.20 bits per heavy atom. The first-order chi connectivity index (χ1) is 12.3. The Morgan fingerprint density at radius 2 is 2.08 bits per heavy atom. The Morgan fingerprint density at radius 3 is 2.92 bits per heavy atom. The third kappa shape index (κ3) is 5.21. The van der Waals surface area contributed by atoms with Gasteiger partial charge < -0.3 is 10.1 Å². The van der Waals surface area contributed by atoms with Gasteiger partial charge in [-0.3, -0.25) is 4.90 Å². The van der Waals surface area contributed by atoms with Crippen molar-refractivity contribution in [3.8, 4) is 5.75 Å². The number of rotatable bonds is 8. The zero-order chi connectivity index (χ0) is 17.5. The van der Waals surface area contributed by atoms with Crippen LogP contribution in [0.2, 0.25) is 5.02 Å². The van der Waals surface area contributed by atoms with Crippen molar-refractivity contribution >= 4 is 11.6 Å². The number of likely N-dealkylation sites (tertiary alicyclic amines) is 1. The molecule has 0 spiro atoms. The SMILES string of the molecule is CCN1CCCC1CNCc1ccccc1OCc1cccc(Cl)c1. The average Bonchev–Trinajstić information content (AvgIpc) is 3.08. The van der Waals surface area contributed by atoms with Crippen molar-refractivity contribution in [3.63, 3.8) is 0 Å². The van der Waals surface area contributed by atoms with Crippen molar-refractivity contribution < 1.29 is 4.74 Å². The molecule has 1 aliphatic heterocycles. The summed E-state index contributed by atoms with van der Waals surface area (Å²) in [6.07, 6.45) is 2.62. The molecule has 2 aromatic rings. The summed E-state index contributed by atoms with van der Waals surface area (Å²) in [4.78, 5) is 2.56. The van der Waals surface area contributed by atoms with Crippen LogP contribution in [0.1, 0.15) is 30.9 Å². The number of hydrogen-bond acceptors (Lipinski definition) is 3. The Hall–Kier alpha value is -1.55. The number of nitrogens with one attached hydrogen (secondary N) is 1. The van der Waals surface area contributed by atoms with Crippen LogP contribution in [0.15, 0.2) is 48.5 Å². The summed E-state index contributed by atoms with van der Waals surface area (Å²) in [6.45, 7) is 7.03. The lowest BCUT2D eigenvalue weighted by Gasteiger charge is -2.23. The van der Waals surface area contributed by atoms with Gasteiger partial charge in [0.05, 0.1) is 0 Å². The van der Waals surface area contributed by atoms with Crippen LogP contribution >= 0.6 is 11.6 Å². The van der Waals surface area contributed by atoms with E-state index in [2.05, 4.69) is 29.3 Å². The molecule has 2 aromatic carbocycles. The molecule has 1 heterocycles. The number of ether oxygens (including phenoxy) is 1. The van der Waals surface area contributed by atoms with Gasteiger partial charge in [0.15, 0.2) is 0 Å². The Labute approximate surface area is 155 Å². The van der Waals surface area contributed by atoms with Crippen molar-refractivity contribution in [1.82, 2.24) is 10.2 Å². The molecule has 0 saturated carbocycles. The number of hydrogen-bond donors (Lipinski definition) is 1. The third-order valence-electron chi connectivity index (χ3n) is 4.86. The molecule has 0 aliphatic carbocycles. The van der Waals surface area contributed by atoms with Crippen molar-refractivity contribution in [2.24, 2.45) is 0 Å². The van der Waals surface area contributed by atoms with Crippen molar-refractivity contribution in [2.75, 3.05) is 19.6 Å². The molecule has 1 unspecified atom stereocenters. The van der Waals surface area contributed by atoms with E-state index in [4.69, 9.17) is 16.3 Å². The lowest BCUT2D eigenvalue weighted by molar-refractivity contribution is 0.259. The Balaban J connectivity index is 1.53. The maximum Gasteiger partial charge on any atom is 0.124 e. The lowest BCUT2D eigenvalue weighted by atomic mass is 10.1. The second-order valence-electron chi connectivity index (χ2n) is 6.58. The molecule has 0 amide bonds. The van der Waals surface area contributed by atoms with Crippen LogP contribution in [0.5, 0.6) is 5.75 Å². The van der Waals surface area contributed by atoms with Gasteiger partial charge in [0.1, 0.15) is 12.4 Å². The highest BCUT2D eigenvalue weighted by Crippen LogP contribution is 2.21. The quantitative estimate of drug-likeness (QED) is 0.752. The second-order valence-corrected chi connectivity index (χ2v) is 7.02. The van der Waals surface area contributed by atoms with Crippen molar-refractivity contribution in [2.45, 2.75) is 39.0 Å². The second kappa shape index (κ2) is 9.23. The van der Waals surface area contributed by atoms with Crippen LogP contribution in [0.3, 0.4) is 0 Å². The van der Waals surface area contributed by atoms with Crippen LogP contribution in [-0.4, -0.2) is 30.6 Å². The summed E-state index contributed by atoms with van der Waals surface area (Å²) >= 11 is 6.04. The first-order valence-electron chi connectivity index (χ1n) is 9.16. The zero-order valence-corrected chi connectivity index (χ0v) is 15.6. The maximum atomic E-state index is 6.04.